The fourth-order valence-corrected chi connectivity index (χ4v) is 4.51. The molecule has 1 fully saturated rings. The maximum atomic E-state index is 12.3. The zero-order valence-corrected chi connectivity index (χ0v) is 18.6. The van der Waals surface area contributed by atoms with E-state index >= 15 is 0 Å². The van der Waals surface area contributed by atoms with Gasteiger partial charge in [-0.25, -0.2) is 4.79 Å². The first kappa shape index (κ1) is 23.7. The van der Waals surface area contributed by atoms with E-state index < -0.39 is 30.5 Å². The van der Waals surface area contributed by atoms with Crippen molar-refractivity contribution in [3.8, 4) is 11.1 Å². The lowest BCUT2D eigenvalue weighted by Crippen LogP contribution is -2.37. The van der Waals surface area contributed by atoms with E-state index in [9.17, 15) is 19.5 Å². The standard InChI is InChI=1S/C25H28N2O7/c28-16(10-23(29)30)11-26-24(31)15-9-17(33-13-15)12-27-25(32)34-14-22-20-7-3-1-5-18(20)19-6-2-4-8-21(19)22/h1-8,15-17,22,28H,9-14H2,(H,26,31)(H,27,32)(H,29,30)/t15-,16?,17-/m0/s1. The second-order valence-corrected chi connectivity index (χ2v) is 8.59. The quantitative estimate of drug-likeness (QED) is 0.441. The molecule has 0 radical (unpaired) electrons. The topological polar surface area (TPSA) is 134 Å². The smallest absolute Gasteiger partial charge is 0.407 e. The van der Waals surface area contributed by atoms with Crippen LogP contribution in [0.5, 0.6) is 0 Å². The van der Waals surface area contributed by atoms with Crippen molar-refractivity contribution in [3.05, 3.63) is 59.7 Å². The zero-order chi connectivity index (χ0) is 24.1. The van der Waals surface area contributed by atoms with Crippen molar-refractivity contribution in [2.24, 2.45) is 5.92 Å². The van der Waals surface area contributed by atoms with E-state index in [4.69, 9.17) is 14.6 Å². The van der Waals surface area contributed by atoms with E-state index in [0.717, 1.165) is 22.3 Å². The van der Waals surface area contributed by atoms with Gasteiger partial charge >= 0.3 is 12.1 Å². The van der Waals surface area contributed by atoms with Crippen molar-refractivity contribution in [2.75, 3.05) is 26.3 Å². The number of hydrogen-bond acceptors (Lipinski definition) is 6. The molecule has 0 aromatic heterocycles. The van der Waals surface area contributed by atoms with Crippen LogP contribution in [0.3, 0.4) is 0 Å². The van der Waals surface area contributed by atoms with Crippen molar-refractivity contribution in [2.45, 2.75) is 31.0 Å². The second-order valence-electron chi connectivity index (χ2n) is 8.59. The minimum atomic E-state index is -1.14. The summed E-state index contributed by atoms with van der Waals surface area (Å²) in [4.78, 5) is 35.1. The Morgan fingerprint density at radius 2 is 1.68 bits per heavy atom. The predicted molar refractivity (Wildman–Crippen MR) is 122 cm³/mol. The van der Waals surface area contributed by atoms with Crippen LogP contribution >= 0.6 is 0 Å². The van der Waals surface area contributed by atoms with E-state index in [2.05, 4.69) is 34.9 Å². The second kappa shape index (κ2) is 10.7. The average Bonchev–Trinajstić information content (AvgIpc) is 3.42. The number of aliphatic hydroxyl groups is 1. The van der Waals surface area contributed by atoms with E-state index in [1.54, 1.807) is 0 Å². The SMILES string of the molecule is O=C(O)CC(O)CNC(=O)[C@@H]1CO[C@H](CNC(=O)OCC2c3ccccc3-c3ccccc32)C1. The van der Waals surface area contributed by atoms with E-state index in [1.165, 1.54) is 0 Å². The van der Waals surface area contributed by atoms with Gasteiger partial charge in [0.25, 0.3) is 0 Å². The maximum Gasteiger partial charge on any atom is 0.407 e. The Morgan fingerprint density at radius 1 is 1.03 bits per heavy atom. The van der Waals surface area contributed by atoms with Gasteiger partial charge in [-0.15, -0.1) is 0 Å². The van der Waals surface area contributed by atoms with Gasteiger partial charge in [-0.2, -0.15) is 0 Å². The van der Waals surface area contributed by atoms with Crippen LogP contribution in [0.15, 0.2) is 48.5 Å². The highest BCUT2D eigenvalue weighted by atomic mass is 16.5. The summed E-state index contributed by atoms with van der Waals surface area (Å²) < 4.78 is 11.1. The number of aliphatic carboxylic acids is 1. The molecule has 9 heteroatoms. The van der Waals surface area contributed by atoms with Crippen LogP contribution in [-0.4, -0.2) is 66.7 Å². The molecule has 0 saturated carbocycles. The van der Waals surface area contributed by atoms with Crippen molar-refractivity contribution < 1.29 is 34.1 Å². The van der Waals surface area contributed by atoms with Gasteiger partial charge in [-0.3, -0.25) is 9.59 Å². The lowest BCUT2D eigenvalue weighted by atomic mass is 9.98. The molecule has 180 valence electrons. The Labute approximate surface area is 197 Å². The van der Waals surface area contributed by atoms with Gasteiger partial charge in [-0.05, 0) is 28.7 Å². The van der Waals surface area contributed by atoms with Gasteiger partial charge in [0, 0.05) is 19.0 Å². The largest absolute Gasteiger partial charge is 0.481 e. The third-order valence-corrected chi connectivity index (χ3v) is 6.19. The number of carboxylic acid groups (broad SMARTS) is 1. The summed E-state index contributed by atoms with van der Waals surface area (Å²) in [6.45, 7) is 0.485. The Kier molecular flexibility index (Phi) is 7.44. The van der Waals surface area contributed by atoms with Crippen LogP contribution in [0, 0.1) is 5.92 Å². The first-order valence-corrected chi connectivity index (χ1v) is 11.3. The predicted octanol–water partition coefficient (Wildman–Crippen LogP) is 1.88. The highest BCUT2D eigenvalue weighted by Crippen LogP contribution is 2.44. The van der Waals surface area contributed by atoms with Gasteiger partial charge in [-0.1, -0.05) is 48.5 Å². The summed E-state index contributed by atoms with van der Waals surface area (Å²) in [5.74, 6) is -1.89. The molecule has 4 rings (SSSR count). The zero-order valence-electron chi connectivity index (χ0n) is 18.6. The summed E-state index contributed by atoms with van der Waals surface area (Å²) in [6, 6.07) is 16.2. The molecule has 9 nitrogen and oxygen atoms in total. The molecule has 0 spiro atoms. The third kappa shape index (κ3) is 5.55. The first-order valence-electron chi connectivity index (χ1n) is 11.3. The van der Waals surface area contributed by atoms with Crippen LogP contribution in [0.2, 0.25) is 0 Å². The van der Waals surface area contributed by atoms with Crippen LogP contribution in [0.1, 0.15) is 29.9 Å². The lowest BCUT2D eigenvalue weighted by molar-refractivity contribution is -0.139. The van der Waals surface area contributed by atoms with Crippen LogP contribution in [-0.2, 0) is 19.1 Å². The molecule has 1 aliphatic carbocycles. The Morgan fingerprint density at radius 3 is 2.32 bits per heavy atom. The molecule has 3 atom stereocenters. The van der Waals surface area contributed by atoms with Crippen molar-refractivity contribution in [1.29, 1.82) is 0 Å². The molecule has 2 amide bonds. The van der Waals surface area contributed by atoms with Crippen molar-refractivity contribution in [1.82, 2.24) is 10.6 Å². The minimum Gasteiger partial charge on any atom is -0.481 e. The molecule has 2 aromatic carbocycles. The third-order valence-electron chi connectivity index (χ3n) is 6.19. The molecule has 2 aliphatic rings. The molecular formula is C25H28N2O7. The summed E-state index contributed by atoms with van der Waals surface area (Å²) >= 11 is 0. The van der Waals surface area contributed by atoms with Crippen LogP contribution < -0.4 is 10.6 Å². The molecule has 2 aromatic rings. The number of nitrogens with one attached hydrogen (secondary N) is 2. The Hall–Kier alpha value is -3.43. The maximum absolute atomic E-state index is 12.3. The molecule has 1 saturated heterocycles. The first-order chi connectivity index (χ1) is 16.4. The number of alkyl carbamates (subject to hydrolysis) is 1. The van der Waals surface area contributed by atoms with Gasteiger partial charge in [0.2, 0.25) is 5.91 Å². The number of benzene rings is 2. The highest BCUT2D eigenvalue weighted by molar-refractivity contribution is 5.80. The molecule has 1 unspecified atom stereocenters. The van der Waals surface area contributed by atoms with E-state index in [-0.39, 0.29) is 44.2 Å². The molecule has 0 bridgehead atoms. The monoisotopic (exact) mass is 468 g/mol. The number of carbonyl (C=O) groups excluding carboxylic acids is 2. The average molecular weight is 469 g/mol. The lowest BCUT2D eigenvalue weighted by Gasteiger charge is -2.16. The fourth-order valence-electron chi connectivity index (χ4n) is 4.51. The molecule has 34 heavy (non-hydrogen) atoms. The van der Waals surface area contributed by atoms with Gasteiger partial charge in [0.1, 0.15) is 6.61 Å². The molecule has 1 heterocycles. The number of fused-ring (bicyclic) bond motifs is 3. The van der Waals surface area contributed by atoms with Crippen molar-refractivity contribution >= 4 is 18.0 Å². The summed E-state index contributed by atoms with van der Waals surface area (Å²) in [5.41, 5.74) is 4.59. The summed E-state index contributed by atoms with van der Waals surface area (Å²) in [5, 5.41) is 23.4. The summed E-state index contributed by atoms with van der Waals surface area (Å²) in [7, 11) is 0. The van der Waals surface area contributed by atoms with Gasteiger partial charge in [0.15, 0.2) is 0 Å². The van der Waals surface area contributed by atoms with Crippen LogP contribution in [0.25, 0.3) is 11.1 Å². The number of carbonyl (C=O) groups is 3. The van der Waals surface area contributed by atoms with E-state index in [1.807, 2.05) is 24.3 Å². The Bertz CT molecular complexity index is 1010. The van der Waals surface area contributed by atoms with Crippen molar-refractivity contribution in [3.63, 3.8) is 0 Å². The molecular weight excluding hydrogens is 440 g/mol. The number of ether oxygens (including phenoxy) is 2. The number of hydrogen-bond donors (Lipinski definition) is 4. The summed E-state index contributed by atoms with van der Waals surface area (Å²) in [6.07, 6.45) is -2.05. The van der Waals surface area contributed by atoms with Gasteiger partial charge in [0.05, 0.1) is 31.2 Å². The normalized spacial score (nSPS) is 19.7. The highest BCUT2D eigenvalue weighted by Gasteiger charge is 2.32. The van der Waals surface area contributed by atoms with E-state index in [0.29, 0.717) is 6.42 Å². The Balaban J connectivity index is 1.20. The molecule has 1 aliphatic heterocycles. The minimum absolute atomic E-state index is 0.0227. The fraction of sp³-hybridized carbons (Fsp3) is 0.400. The number of aliphatic hydroxyl groups excluding tert-OH is 1. The molecule has 4 N–H and O–H groups in total. The number of amides is 2. The number of carboxylic acids is 1. The van der Waals surface area contributed by atoms with Crippen LogP contribution in [0.4, 0.5) is 4.79 Å². The van der Waals surface area contributed by atoms with Gasteiger partial charge < -0.3 is 30.3 Å². The number of rotatable bonds is 9.